The Hall–Kier alpha value is -2.24. The van der Waals surface area contributed by atoms with Gasteiger partial charge >= 0.3 is 0 Å². The number of likely N-dealkylation sites (tertiary alicyclic amines) is 2. The predicted molar refractivity (Wildman–Crippen MR) is 101 cm³/mol. The molecule has 2 fully saturated rings. The lowest BCUT2D eigenvalue weighted by atomic mass is 9.94. The van der Waals surface area contributed by atoms with Gasteiger partial charge < -0.3 is 19.3 Å². The fraction of sp³-hybridized carbons (Fsp3) is 0.619. The van der Waals surface area contributed by atoms with Gasteiger partial charge in [-0.3, -0.25) is 9.59 Å². The van der Waals surface area contributed by atoms with Gasteiger partial charge in [-0.15, -0.1) is 0 Å². The van der Waals surface area contributed by atoms with Crippen LogP contribution < -0.4 is 9.47 Å². The number of nitrogens with zero attached hydrogens (tertiary/aromatic N) is 2. The fourth-order valence-electron chi connectivity index (χ4n) is 4.25. The van der Waals surface area contributed by atoms with E-state index in [2.05, 4.69) is 0 Å². The molecule has 0 saturated carbocycles. The second-order valence-corrected chi connectivity index (χ2v) is 7.73. The van der Waals surface area contributed by atoms with Gasteiger partial charge in [0.1, 0.15) is 0 Å². The monoisotopic (exact) mass is 372 g/mol. The summed E-state index contributed by atoms with van der Waals surface area (Å²) < 4.78 is 10.7. The highest BCUT2D eigenvalue weighted by Crippen LogP contribution is 2.33. The summed E-state index contributed by atoms with van der Waals surface area (Å²) in [4.78, 5) is 29.1. The van der Waals surface area contributed by atoms with Gasteiger partial charge in [0.2, 0.25) is 18.6 Å². The first-order valence-corrected chi connectivity index (χ1v) is 10.2. The molecule has 4 rings (SSSR count). The van der Waals surface area contributed by atoms with Gasteiger partial charge in [0.05, 0.1) is 0 Å². The van der Waals surface area contributed by atoms with E-state index in [0.717, 1.165) is 55.8 Å². The molecule has 146 valence electrons. The Morgan fingerprint density at radius 1 is 0.926 bits per heavy atom. The Morgan fingerprint density at radius 2 is 1.67 bits per heavy atom. The van der Waals surface area contributed by atoms with Crippen molar-refractivity contribution < 1.29 is 19.1 Å². The zero-order chi connectivity index (χ0) is 18.6. The molecule has 1 aromatic carbocycles. The molecule has 0 bridgehead atoms. The lowest BCUT2D eigenvalue weighted by Crippen LogP contribution is -2.45. The molecule has 3 aliphatic rings. The average molecular weight is 372 g/mol. The molecule has 6 nitrogen and oxygen atoms in total. The van der Waals surface area contributed by atoms with E-state index in [9.17, 15) is 9.59 Å². The van der Waals surface area contributed by atoms with Crippen molar-refractivity contribution in [2.45, 2.75) is 44.9 Å². The summed E-state index contributed by atoms with van der Waals surface area (Å²) in [6.45, 7) is 3.48. The normalized spacial score (nSPS) is 20.0. The molecule has 0 unspecified atom stereocenters. The molecule has 0 spiro atoms. The van der Waals surface area contributed by atoms with Crippen LogP contribution in [0.5, 0.6) is 11.5 Å². The molecule has 0 aromatic heterocycles. The van der Waals surface area contributed by atoms with Crippen LogP contribution in [0.25, 0.3) is 0 Å². The van der Waals surface area contributed by atoms with Gasteiger partial charge in [0.25, 0.3) is 0 Å². The van der Waals surface area contributed by atoms with Gasteiger partial charge in [-0.2, -0.15) is 0 Å². The number of ether oxygens (including phenoxy) is 2. The summed E-state index contributed by atoms with van der Waals surface area (Å²) in [7, 11) is 0. The van der Waals surface area contributed by atoms with E-state index in [4.69, 9.17) is 9.47 Å². The number of amides is 2. The maximum absolute atomic E-state index is 12.6. The van der Waals surface area contributed by atoms with E-state index < -0.39 is 0 Å². The quantitative estimate of drug-likeness (QED) is 0.815. The topological polar surface area (TPSA) is 59.1 Å². The van der Waals surface area contributed by atoms with Crippen LogP contribution in [-0.2, 0) is 16.0 Å². The molecule has 27 heavy (non-hydrogen) atoms. The molecule has 0 N–H and O–H groups in total. The lowest BCUT2D eigenvalue weighted by molar-refractivity contribution is -0.141. The number of aryl methyl sites for hydroxylation is 1. The van der Waals surface area contributed by atoms with E-state index in [0.29, 0.717) is 31.8 Å². The molecule has 0 radical (unpaired) electrons. The number of rotatable bonds is 4. The highest BCUT2D eigenvalue weighted by atomic mass is 16.7. The summed E-state index contributed by atoms with van der Waals surface area (Å²) in [5, 5.41) is 0. The number of fused-ring (bicyclic) bond motifs is 1. The van der Waals surface area contributed by atoms with Crippen LogP contribution in [-0.4, -0.2) is 54.6 Å². The average Bonchev–Trinajstić information content (AvgIpc) is 3.20. The molecule has 3 heterocycles. The van der Waals surface area contributed by atoms with E-state index in [1.807, 2.05) is 28.0 Å². The van der Waals surface area contributed by atoms with Crippen molar-refractivity contribution in [1.29, 1.82) is 0 Å². The number of carbonyl (C=O) groups excluding carboxylic acids is 2. The lowest BCUT2D eigenvalue weighted by Gasteiger charge is -2.35. The second kappa shape index (κ2) is 8.19. The summed E-state index contributed by atoms with van der Waals surface area (Å²) >= 11 is 0. The van der Waals surface area contributed by atoms with Crippen molar-refractivity contribution in [3.63, 3.8) is 0 Å². The zero-order valence-corrected chi connectivity index (χ0v) is 15.8. The van der Waals surface area contributed by atoms with Crippen LogP contribution in [0.15, 0.2) is 18.2 Å². The largest absolute Gasteiger partial charge is 0.454 e. The maximum Gasteiger partial charge on any atom is 0.231 e. The van der Waals surface area contributed by atoms with E-state index in [1.54, 1.807) is 0 Å². The SMILES string of the molecule is O=C(CCc1ccc2c(c1)OCO2)N1CCC(C(=O)N2CCCCC2)CC1. The van der Waals surface area contributed by atoms with Crippen molar-refractivity contribution in [3.05, 3.63) is 23.8 Å². The van der Waals surface area contributed by atoms with Crippen LogP contribution in [0.2, 0.25) is 0 Å². The van der Waals surface area contributed by atoms with Gasteiger partial charge in [-0.05, 0) is 56.2 Å². The maximum atomic E-state index is 12.6. The summed E-state index contributed by atoms with van der Waals surface area (Å²) in [6, 6.07) is 5.85. The Balaban J connectivity index is 1.23. The van der Waals surface area contributed by atoms with Crippen molar-refractivity contribution in [3.8, 4) is 11.5 Å². The number of carbonyl (C=O) groups is 2. The van der Waals surface area contributed by atoms with E-state index in [-0.39, 0.29) is 18.6 Å². The van der Waals surface area contributed by atoms with Gasteiger partial charge in [-0.25, -0.2) is 0 Å². The first-order valence-electron chi connectivity index (χ1n) is 10.2. The standard InChI is InChI=1S/C21H28N2O4/c24-20(7-5-16-4-6-18-19(14-16)27-15-26-18)22-12-8-17(9-13-22)21(25)23-10-2-1-3-11-23/h4,6,14,17H,1-3,5,7-13,15H2. The third-order valence-corrected chi connectivity index (χ3v) is 5.93. The third kappa shape index (κ3) is 4.20. The Morgan fingerprint density at radius 3 is 2.44 bits per heavy atom. The van der Waals surface area contributed by atoms with Crippen molar-refractivity contribution >= 4 is 11.8 Å². The predicted octanol–water partition coefficient (Wildman–Crippen LogP) is 2.60. The van der Waals surface area contributed by atoms with Crippen molar-refractivity contribution in [2.75, 3.05) is 33.0 Å². The number of hydrogen-bond donors (Lipinski definition) is 0. The molecule has 6 heteroatoms. The van der Waals surface area contributed by atoms with Crippen LogP contribution in [0.4, 0.5) is 0 Å². The zero-order valence-electron chi connectivity index (χ0n) is 15.8. The molecule has 0 atom stereocenters. The van der Waals surface area contributed by atoms with Crippen molar-refractivity contribution in [1.82, 2.24) is 9.80 Å². The molecule has 2 saturated heterocycles. The Bertz CT molecular complexity index is 691. The molecular weight excluding hydrogens is 344 g/mol. The summed E-state index contributed by atoms with van der Waals surface area (Å²) in [5.74, 6) is 2.11. The smallest absolute Gasteiger partial charge is 0.231 e. The highest BCUT2D eigenvalue weighted by Gasteiger charge is 2.30. The van der Waals surface area contributed by atoms with Gasteiger partial charge in [0.15, 0.2) is 11.5 Å². The fourth-order valence-corrected chi connectivity index (χ4v) is 4.25. The van der Waals surface area contributed by atoms with Crippen LogP contribution in [0.1, 0.15) is 44.1 Å². The summed E-state index contributed by atoms with van der Waals surface area (Å²) in [6.07, 6.45) is 6.27. The Kier molecular flexibility index (Phi) is 5.50. The van der Waals surface area contributed by atoms with Crippen molar-refractivity contribution in [2.24, 2.45) is 5.92 Å². The number of hydrogen-bond acceptors (Lipinski definition) is 4. The van der Waals surface area contributed by atoms with E-state index >= 15 is 0 Å². The Labute approximate surface area is 160 Å². The van der Waals surface area contributed by atoms with E-state index in [1.165, 1.54) is 6.42 Å². The minimum Gasteiger partial charge on any atom is -0.454 e. The highest BCUT2D eigenvalue weighted by molar-refractivity contribution is 5.80. The van der Waals surface area contributed by atoms with Crippen LogP contribution in [0.3, 0.4) is 0 Å². The molecule has 3 aliphatic heterocycles. The van der Waals surface area contributed by atoms with Gasteiger partial charge in [0, 0.05) is 38.5 Å². The third-order valence-electron chi connectivity index (χ3n) is 5.93. The van der Waals surface area contributed by atoms with Crippen LogP contribution >= 0.6 is 0 Å². The van der Waals surface area contributed by atoms with Gasteiger partial charge in [-0.1, -0.05) is 6.07 Å². The minimum atomic E-state index is 0.0982. The summed E-state index contributed by atoms with van der Waals surface area (Å²) in [5.41, 5.74) is 1.09. The first kappa shape index (κ1) is 18.1. The first-order chi connectivity index (χ1) is 13.2. The minimum absolute atomic E-state index is 0.0982. The number of piperidine rings is 2. The number of benzene rings is 1. The molecular formula is C21H28N2O4. The molecule has 1 aromatic rings. The van der Waals surface area contributed by atoms with Crippen LogP contribution in [0, 0.1) is 5.92 Å². The second-order valence-electron chi connectivity index (χ2n) is 7.73. The molecule has 0 aliphatic carbocycles. The molecule has 2 amide bonds.